The molecule has 0 fully saturated rings. The van der Waals surface area contributed by atoms with Gasteiger partial charge in [0.1, 0.15) is 13.2 Å². The van der Waals surface area contributed by atoms with Gasteiger partial charge in [0.15, 0.2) is 6.10 Å². The average molecular weight is 879 g/mol. The third kappa shape index (κ3) is 49.7. The topological polar surface area (TPSA) is 78.9 Å². The molecule has 1 unspecified atom stereocenters. The molecule has 0 N–H and O–H groups in total. The molecular weight excluding hydrogens is 781 g/mol. The maximum absolute atomic E-state index is 12.8. The van der Waals surface area contributed by atoms with E-state index in [9.17, 15) is 14.4 Å². The number of rotatable bonds is 47. The molecule has 0 aliphatic rings. The van der Waals surface area contributed by atoms with Gasteiger partial charge in [-0.3, -0.25) is 14.4 Å². The third-order valence-corrected chi connectivity index (χ3v) is 11.2. The Morgan fingerprint density at radius 2 is 0.619 bits per heavy atom. The van der Waals surface area contributed by atoms with Gasteiger partial charge in [0.2, 0.25) is 0 Å². The van der Waals surface area contributed by atoms with Crippen LogP contribution in [0.5, 0.6) is 0 Å². The number of hydrogen-bond acceptors (Lipinski definition) is 6. The quantitative estimate of drug-likeness (QED) is 0.0262. The smallest absolute Gasteiger partial charge is 0.306 e. The van der Waals surface area contributed by atoms with Gasteiger partial charge in [0.25, 0.3) is 0 Å². The molecule has 0 aromatic carbocycles. The van der Waals surface area contributed by atoms with Gasteiger partial charge in [0.05, 0.1) is 0 Å². The Labute approximate surface area is 389 Å². The van der Waals surface area contributed by atoms with Crippen molar-refractivity contribution in [2.45, 2.75) is 258 Å². The van der Waals surface area contributed by atoms with Gasteiger partial charge >= 0.3 is 17.9 Å². The fourth-order valence-electron chi connectivity index (χ4n) is 7.19. The zero-order valence-corrected chi connectivity index (χ0v) is 41.3. The van der Waals surface area contributed by atoms with E-state index in [2.05, 4.69) is 93.7 Å². The van der Waals surface area contributed by atoms with Crippen molar-refractivity contribution in [1.29, 1.82) is 0 Å². The lowest BCUT2D eigenvalue weighted by atomic mass is 10.1. The summed E-state index contributed by atoms with van der Waals surface area (Å²) in [7, 11) is 0. The van der Waals surface area contributed by atoms with Crippen LogP contribution in [0.2, 0.25) is 0 Å². The molecule has 0 amide bonds. The molecule has 0 aliphatic heterocycles. The summed E-state index contributed by atoms with van der Waals surface area (Å²) in [6.07, 6.45) is 64.6. The van der Waals surface area contributed by atoms with Crippen LogP contribution in [-0.4, -0.2) is 37.2 Å². The molecular formula is C57H98O6. The first-order chi connectivity index (χ1) is 31.0. The van der Waals surface area contributed by atoms with Crippen LogP contribution in [0, 0.1) is 0 Å². The summed E-state index contributed by atoms with van der Waals surface area (Å²) in [6, 6.07) is 0. The Hall–Kier alpha value is -3.15. The molecule has 0 spiro atoms. The van der Waals surface area contributed by atoms with Crippen molar-refractivity contribution in [1.82, 2.24) is 0 Å². The predicted octanol–water partition coefficient (Wildman–Crippen LogP) is 17.4. The molecule has 63 heavy (non-hydrogen) atoms. The van der Waals surface area contributed by atoms with Crippen molar-refractivity contribution in [3.05, 3.63) is 72.9 Å². The summed E-state index contributed by atoms with van der Waals surface area (Å²) in [6.45, 7) is 6.45. The van der Waals surface area contributed by atoms with Crippen LogP contribution >= 0.6 is 0 Å². The van der Waals surface area contributed by atoms with Crippen molar-refractivity contribution >= 4 is 17.9 Å². The minimum atomic E-state index is -0.801. The summed E-state index contributed by atoms with van der Waals surface area (Å²) >= 11 is 0. The van der Waals surface area contributed by atoms with E-state index in [1.54, 1.807) is 0 Å². The molecule has 0 saturated heterocycles. The van der Waals surface area contributed by atoms with Gasteiger partial charge in [-0.25, -0.2) is 0 Å². The second-order valence-electron chi connectivity index (χ2n) is 17.4. The number of unbranched alkanes of at least 4 members (excludes halogenated alkanes) is 24. The van der Waals surface area contributed by atoms with Gasteiger partial charge in [-0.1, -0.05) is 196 Å². The van der Waals surface area contributed by atoms with E-state index in [1.165, 1.54) is 122 Å². The van der Waals surface area contributed by atoms with Crippen LogP contribution in [0.3, 0.4) is 0 Å². The van der Waals surface area contributed by atoms with E-state index >= 15 is 0 Å². The first kappa shape index (κ1) is 59.9. The SMILES string of the molecule is CC/C=C\C/C=C\C/C=C\C/C=C\CCCCC(=O)OC(COC(=O)CCCCCCC/C=C\CCCCC)COC(=O)CCCCCCCCC/C=C\CCCCCCCCC. The highest BCUT2D eigenvalue weighted by atomic mass is 16.6. The molecule has 0 aromatic heterocycles. The number of ether oxygens (including phenoxy) is 3. The third-order valence-electron chi connectivity index (χ3n) is 11.2. The van der Waals surface area contributed by atoms with Gasteiger partial charge in [0, 0.05) is 19.3 Å². The van der Waals surface area contributed by atoms with Gasteiger partial charge in [-0.15, -0.1) is 0 Å². The summed E-state index contributed by atoms with van der Waals surface area (Å²) in [5, 5.41) is 0. The van der Waals surface area contributed by atoms with E-state index in [0.29, 0.717) is 19.3 Å². The van der Waals surface area contributed by atoms with E-state index in [1.807, 2.05) is 0 Å². The van der Waals surface area contributed by atoms with Gasteiger partial charge in [-0.2, -0.15) is 0 Å². The van der Waals surface area contributed by atoms with E-state index in [4.69, 9.17) is 14.2 Å². The van der Waals surface area contributed by atoms with Crippen LogP contribution in [0.4, 0.5) is 0 Å². The molecule has 0 aliphatic carbocycles. The molecule has 6 heteroatoms. The number of allylic oxidation sites excluding steroid dienone is 12. The lowest BCUT2D eigenvalue weighted by Gasteiger charge is -2.18. The molecule has 0 radical (unpaired) electrons. The maximum Gasteiger partial charge on any atom is 0.306 e. The number of carbonyl (C=O) groups is 3. The van der Waals surface area contributed by atoms with Crippen molar-refractivity contribution in [3.63, 3.8) is 0 Å². The summed E-state index contributed by atoms with van der Waals surface area (Å²) in [4.78, 5) is 38.0. The predicted molar refractivity (Wildman–Crippen MR) is 270 cm³/mol. The highest BCUT2D eigenvalue weighted by molar-refractivity contribution is 5.71. The highest BCUT2D eigenvalue weighted by Gasteiger charge is 2.19. The minimum absolute atomic E-state index is 0.0969. The monoisotopic (exact) mass is 879 g/mol. The largest absolute Gasteiger partial charge is 0.462 e. The van der Waals surface area contributed by atoms with E-state index in [-0.39, 0.29) is 37.5 Å². The van der Waals surface area contributed by atoms with Gasteiger partial charge in [-0.05, 0) is 109 Å². The van der Waals surface area contributed by atoms with Crippen molar-refractivity contribution in [3.8, 4) is 0 Å². The standard InChI is InChI=1S/C57H98O6/c1-4-7-10-13-16-19-22-25-27-28-29-31-32-35-38-41-44-47-50-56(59)62-53-54(52-61-55(58)49-46-43-40-37-34-24-21-18-15-12-9-6-3)63-57(60)51-48-45-42-39-36-33-30-26-23-20-17-14-11-8-5-2/h8,11,17-18,20-21,26-28,30,36,39,54H,4-7,9-10,12-16,19,22-25,29,31-35,37-38,40-53H2,1-3H3/b11-8-,20-17-,21-18-,28-27-,30-26-,39-36-. The van der Waals surface area contributed by atoms with E-state index in [0.717, 1.165) is 83.5 Å². The number of carbonyl (C=O) groups excluding carboxylic acids is 3. The molecule has 0 rings (SSSR count). The second kappa shape index (κ2) is 51.5. The molecule has 362 valence electrons. The zero-order valence-electron chi connectivity index (χ0n) is 41.3. The molecule has 0 aromatic rings. The van der Waals surface area contributed by atoms with Crippen LogP contribution in [0.15, 0.2) is 72.9 Å². The van der Waals surface area contributed by atoms with Crippen LogP contribution in [0.1, 0.15) is 252 Å². The van der Waals surface area contributed by atoms with Crippen molar-refractivity contribution in [2.24, 2.45) is 0 Å². The Balaban J connectivity index is 4.43. The Bertz CT molecular complexity index is 1190. The molecule has 0 bridgehead atoms. The van der Waals surface area contributed by atoms with Crippen LogP contribution < -0.4 is 0 Å². The molecule has 6 nitrogen and oxygen atoms in total. The van der Waals surface area contributed by atoms with Gasteiger partial charge < -0.3 is 14.2 Å². The van der Waals surface area contributed by atoms with Crippen molar-refractivity contribution in [2.75, 3.05) is 13.2 Å². The number of hydrogen-bond donors (Lipinski definition) is 0. The Kier molecular flexibility index (Phi) is 48.9. The average Bonchev–Trinajstić information content (AvgIpc) is 3.28. The lowest BCUT2D eigenvalue weighted by molar-refractivity contribution is -0.167. The Morgan fingerprint density at radius 1 is 0.333 bits per heavy atom. The number of esters is 3. The zero-order chi connectivity index (χ0) is 45.8. The molecule has 0 saturated carbocycles. The van der Waals surface area contributed by atoms with Crippen molar-refractivity contribution < 1.29 is 28.6 Å². The van der Waals surface area contributed by atoms with E-state index < -0.39 is 6.10 Å². The lowest BCUT2D eigenvalue weighted by Crippen LogP contribution is -2.30. The second-order valence-corrected chi connectivity index (χ2v) is 17.4. The normalized spacial score (nSPS) is 12.6. The first-order valence-corrected chi connectivity index (χ1v) is 26.4. The maximum atomic E-state index is 12.8. The minimum Gasteiger partial charge on any atom is -0.462 e. The highest BCUT2D eigenvalue weighted by Crippen LogP contribution is 2.14. The summed E-state index contributed by atoms with van der Waals surface area (Å²) < 4.78 is 16.8. The summed E-state index contributed by atoms with van der Waals surface area (Å²) in [5.41, 5.74) is 0. The molecule has 0 heterocycles. The first-order valence-electron chi connectivity index (χ1n) is 26.4. The fourth-order valence-corrected chi connectivity index (χ4v) is 7.19. The Morgan fingerprint density at radius 3 is 1.05 bits per heavy atom. The summed E-state index contributed by atoms with van der Waals surface area (Å²) in [5.74, 6) is -0.950. The molecule has 1 atom stereocenters. The van der Waals surface area contributed by atoms with Crippen LogP contribution in [0.25, 0.3) is 0 Å². The van der Waals surface area contributed by atoms with Crippen LogP contribution in [-0.2, 0) is 28.6 Å². The fraction of sp³-hybridized carbons (Fsp3) is 0.737.